The van der Waals surface area contributed by atoms with Crippen LogP contribution in [0.2, 0.25) is 0 Å². The summed E-state index contributed by atoms with van der Waals surface area (Å²) in [6.07, 6.45) is -3.93. The molecule has 2 aromatic carbocycles. The number of nitrogens with two attached hydrogens (primary N) is 1. The summed E-state index contributed by atoms with van der Waals surface area (Å²) >= 11 is 1.61. The van der Waals surface area contributed by atoms with Gasteiger partial charge in [-0.3, -0.25) is 10.5 Å². The Bertz CT molecular complexity index is 1090. The van der Waals surface area contributed by atoms with Crippen LogP contribution in [0.25, 0.3) is 0 Å². The number of nitrogens with one attached hydrogen (secondary N) is 1. The number of sulfonamides is 1. The molecular formula is C18H17F3N3O3S2+. The van der Waals surface area contributed by atoms with Crippen molar-refractivity contribution in [3.8, 4) is 5.75 Å². The molecule has 1 unspecified atom stereocenters. The standard InChI is InChI=1S/C18H16F3N3O3S2/c19-18(20,21)27-14-4-6-15(7-5-14)29(25,26)23-13-3-1-2-12(10-13)17-8-9-28-16(22)24(17)11-17/h1-7,10,22-23H,8-9,11H2/p+1. The first kappa shape index (κ1) is 19.9. The number of anilines is 1. The Kier molecular flexibility index (Phi) is 4.69. The molecule has 0 bridgehead atoms. The minimum absolute atomic E-state index is 0.171. The van der Waals surface area contributed by atoms with Crippen molar-refractivity contribution >= 4 is 32.6 Å². The van der Waals surface area contributed by atoms with Crippen molar-refractivity contribution in [3.05, 3.63) is 54.1 Å². The number of hydrogen-bond donors (Lipinski definition) is 2. The van der Waals surface area contributed by atoms with Crippen LogP contribution in [0, 0.1) is 0 Å². The molecule has 2 aromatic rings. The number of halogens is 3. The second kappa shape index (κ2) is 6.84. The number of nitrogens with zero attached hydrogens (tertiary/aromatic N) is 1. The second-order valence-electron chi connectivity index (χ2n) is 6.76. The highest BCUT2D eigenvalue weighted by molar-refractivity contribution is 8.13. The Hall–Kier alpha value is -2.40. The van der Waals surface area contributed by atoms with E-state index in [-0.39, 0.29) is 10.4 Å². The Morgan fingerprint density at radius 2 is 1.90 bits per heavy atom. The summed E-state index contributed by atoms with van der Waals surface area (Å²) in [5, 5.41) is 0.767. The molecule has 0 aromatic heterocycles. The summed E-state index contributed by atoms with van der Waals surface area (Å²) in [5.74, 6) is 0.403. The molecule has 154 valence electrons. The summed E-state index contributed by atoms with van der Waals surface area (Å²) in [4.78, 5) is -0.171. The second-order valence-corrected chi connectivity index (χ2v) is 9.56. The van der Waals surface area contributed by atoms with Gasteiger partial charge in [0.2, 0.25) is 0 Å². The minimum Gasteiger partial charge on any atom is -0.406 e. The number of hydrogen-bond acceptors (Lipinski definition) is 5. The molecule has 1 atom stereocenters. The van der Waals surface area contributed by atoms with Gasteiger partial charge in [0.15, 0.2) is 5.54 Å². The summed E-state index contributed by atoms with van der Waals surface area (Å²) < 4.78 is 70.3. The molecule has 3 N–H and O–H groups in total. The van der Waals surface area contributed by atoms with Crippen molar-refractivity contribution in [1.29, 1.82) is 0 Å². The van der Waals surface area contributed by atoms with Crippen LogP contribution in [0.1, 0.15) is 12.0 Å². The lowest BCUT2D eigenvalue weighted by Gasteiger charge is -2.16. The van der Waals surface area contributed by atoms with Crippen LogP contribution < -0.4 is 15.2 Å². The van der Waals surface area contributed by atoms with Crippen LogP contribution in [0.5, 0.6) is 5.75 Å². The SMILES string of the molecule is NC1=[N+]2CC2(c2cccc(NS(=O)(=O)c3ccc(OC(F)(F)F)cc3)c2)CCS1. The maximum atomic E-state index is 12.6. The van der Waals surface area contributed by atoms with Crippen molar-refractivity contribution in [2.75, 3.05) is 17.0 Å². The molecular weight excluding hydrogens is 427 g/mol. The number of thioether (sulfide) groups is 1. The van der Waals surface area contributed by atoms with Crippen molar-refractivity contribution in [1.82, 2.24) is 0 Å². The summed E-state index contributed by atoms with van der Waals surface area (Å²) in [5.41, 5.74) is 7.17. The van der Waals surface area contributed by atoms with E-state index in [1.807, 2.05) is 6.07 Å². The summed E-state index contributed by atoms with van der Waals surface area (Å²) in [7, 11) is -3.97. The van der Waals surface area contributed by atoms with Gasteiger partial charge in [-0.15, -0.1) is 13.2 Å². The van der Waals surface area contributed by atoms with Gasteiger partial charge in [-0.25, -0.2) is 13.0 Å². The van der Waals surface area contributed by atoms with Crippen LogP contribution in [0.15, 0.2) is 53.4 Å². The Balaban J connectivity index is 1.54. The van der Waals surface area contributed by atoms with E-state index in [2.05, 4.69) is 14.0 Å². The molecule has 2 heterocycles. The zero-order valence-corrected chi connectivity index (χ0v) is 16.6. The van der Waals surface area contributed by atoms with Crippen LogP contribution >= 0.6 is 11.8 Å². The topological polar surface area (TPSA) is 84.4 Å². The predicted octanol–water partition coefficient (Wildman–Crippen LogP) is 3.06. The molecule has 0 amide bonds. The van der Waals surface area contributed by atoms with Gasteiger partial charge in [-0.1, -0.05) is 12.1 Å². The van der Waals surface area contributed by atoms with Crippen LogP contribution in [-0.2, 0) is 15.6 Å². The Labute approximate surface area is 169 Å². The molecule has 29 heavy (non-hydrogen) atoms. The molecule has 2 aliphatic heterocycles. The minimum atomic E-state index is -4.84. The first-order valence-electron chi connectivity index (χ1n) is 8.61. The van der Waals surface area contributed by atoms with Crippen molar-refractivity contribution in [2.45, 2.75) is 23.2 Å². The molecule has 0 aliphatic carbocycles. The largest absolute Gasteiger partial charge is 0.573 e. The quantitative estimate of drug-likeness (QED) is 0.547. The zero-order valence-electron chi connectivity index (χ0n) is 14.9. The van der Waals surface area contributed by atoms with Gasteiger partial charge in [0.05, 0.1) is 4.90 Å². The first-order valence-corrected chi connectivity index (χ1v) is 11.1. The Morgan fingerprint density at radius 1 is 1.17 bits per heavy atom. The van der Waals surface area contributed by atoms with Gasteiger partial charge in [0.25, 0.3) is 10.0 Å². The highest BCUT2D eigenvalue weighted by Gasteiger charge is 2.59. The molecule has 1 fully saturated rings. The van der Waals surface area contributed by atoms with E-state index in [9.17, 15) is 21.6 Å². The van der Waals surface area contributed by atoms with Gasteiger partial charge < -0.3 is 4.74 Å². The number of benzene rings is 2. The fraction of sp³-hybridized carbons (Fsp3) is 0.278. The van der Waals surface area contributed by atoms with Gasteiger partial charge in [0, 0.05) is 23.4 Å². The van der Waals surface area contributed by atoms with Crippen LogP contribution in [0.3, 0.4) is 0 Å². The molecule has 1 saturated heterocycles. The van der Waals surface area contributed by atoms with E-state index in [4.69, 9.17) is 5.73 Å². The van der Waals surface area contributed by atoms with Gasteiger partial charge in [-0.05, 0) is 48.2 Å². The van der Waals surface area contributed by atoms with E-state index in [0.717, 1.165) is 53.7 Å². The number of alkyl halides is 3. The maximum Gasteiger partial charge on any atom is 0.573 e. The highest BCUT2D eigenvalue weighted by atomic mass is 32.2. The number of fused-ring (bicyclic) bond motifs is 1. The fourth-order valence-electron chi connectivity index (χ4n) is 3.43. The Morgan fingerprint density at radius 3 is 2.59 bits per heavy atom. The molecule has 2 aliphatic rings. The monoisotopic (exact) mass is 444 g/mol. The maximum absolute atomic E-state index is 12.6. The van der Waals surface area contributed by atoms with Gasteiger partial charge in [-0.2, -0.15) is 0 Å². The van der Waals surface area contributed by atoms with Crippen LogP contribution in [0.4, 0.5) is 18.9 Å². The summed E-state index contributed by atoms with van der Waals surface area (Å²) in [6, 6.07) is 11.1. The fourth-order valence-corrected chi connectivity index (χ4v) is 5.52. The third-order valence-electron chi connectivity index (χ3n) is 4.88. The van der Waals surface area contributed by atoms with E-state index in [0.29, 0.717) is 5.69 Å². The lowest BCUT2D eigenvalue weighted by Crippen LogP contribution is -2.25. The first-order chi connectivity index (χ1) is 13.6. The highest BCUT2D eigenvalue weighted by Crippen LogP contribution is 2.46. The van der Waals surface area contributed by atoms with Crippen molar-refractivity contribution in [2.24, 2.45) is 5.73 Å². The third kappa shape index (κ3) is 4.01. The normalized spacial score (nSPS) is 21.5. The molecule has 4 rings (SSSR count). The average molecular weight is 444 g/mol. The van der Waals surface area contributed by atoms with Gasteiger partial charge >= 0.3 is 11.5 Å². The number of ether oxygens (including phenoxy) is 1. The molecule has 0 saturated carbocycles. The van der Waals surface area contributed by atoms with Crippen LogP contribution in [-0.4, -0.2) is 36.8 Å². The lowest BCUT2D eigenvalue weighted by molar-refractivity contribution is -0.395. The lowest BCUT2D eigenvalue weighted by atomic mass is 9.96. The molecule has 11 heteroatoms. The average Bonchev–Trinajstić information content (AvgIpc) is 3.38. The predicted molar refractivity (Wildman–Crippen MR) is 103 cm³/mol. The summed E-state index contributed by atoms with van der Waals surface area (Å²) in [6.45, 7) is 0.794. The zero-order chi connectivity index (χ0) is 20.9. The molecule has 6 nitrogen and oxygen atoms in total. The molecule has 0 spiro atoms. The number of rotatable bonds is 5. The van der Waals surface area contributed by atoms with Gasteiger partial charge in [0.1, 0.15) is 12.3 Å². The van der Waals surface area contributed by atoms with E-state index in [1.54, 1.807) is 30.0 Å². The third-order valence-corrected chi connectivity index (χ3v) is 7.21. The van der Waals surface area contributed by atoms with E-state index >= 15 is 0 Å². The molecule has 0 radical (unpaired) electrons. The number of amidine groups is 1. The van der Waals surface area contributed by atoms with Crippen molar-refractivity contribution in [3.63, 3.8) is 0 Å². The smallest absolute Gasteiger partial charge is 0.406 e. The van der Waals surface area contributed by atoms with E-state index in [1.165, 1.54) is 0 Å². The van der Waals surface area contributed by atoms with Crippen molar-refractivity contribution < 1.29 is 30.9 Å². The van der Waals surface area contributed by atoms with E-state index < -0.39 is 22.1 Å².